The summed E-state index contributed by atoms with van der Waals surface area (Å²) in [5.41, 5.74) is 2.18. The maximum absolute atomic E-state index is 12.6. The lowest BCUT2D eigenvalue weighted by atomic mass is 9.75. The van der Waals surface area contributed by atoms with Crippen molar-refractivity contribution >= 4 is 11.7 Å². The summed E-state index contributed by atoms with van der Waals surface area (Å²) >= 11 is 0. The first-order valence-corrected chi connectivity index (χ1v) is 8.80. The van der Waals surface area contributed by atoms with Crippen molar-refractivity contribution in [3.63, 3.8) is 0 Å². The van der Waals surface area contributed by atoms with E-state index in [2.05, 4.69) is 25.2 Å². The maximum atomic E-state index is 12.6. The van der Waals surface area contributed by atoms with E-state index in [1.807, 2.05) is 23.1 Å². The highest BCUT2D eigenvalue weighted by Crippen LogP contribution is 2.36. The van der Waals surface area contributed by atoms with Crippen LogP contribution in [-0.4, -0.2) is 24.0 Å². The smallest absolute Gasteiger partial charge is 0.321 e. The standard InChI is InChI=1S/C19H28N2O/c1-14(2)17-9-5-6-10-18(17)20-19(22)21-12-11-15-7-3-4-8-16(15)13-21/h5-6,9-10,14-16H,3-4,7-8,11-13H2,1-2H3,(H,20,22)/t15-,16+/m1/s1. The number of carbonyl (C=O) groups excluding carboxylic acids is 1. The molecule has 120 valence electrons. The molecule has 0 bridgehead atoms. The Morgan fingerprint density at radius 3 is 2.64 bits per heavy atom. The van der Waals surface area contributed by atoms with Gasteiger partial charge in [-0.05, 0) is 42.2 Å². The number of piperidine rings is 1. The Morgan fingerprint density at radius 2 is 1.86 bits per heavy atom. The first-order chi connectivity index (χ1) is 10.6. The topological polar surface area (TPSA) is 32.3 Å². The Kier molecular flexibility index (Phi) is 4.70. The SMILES string of the molecule is CC(C)c1ccccc1NC(=O)N1CC[C@H]2CCCC[C@H]2C1. The molecule has 1 saturated heterocycles. The van der Waals surface area contributed by atoms with E-state index in [1.165, 1.54) is 37.7 Å². The van der Waals surface area contributed by atoms with Crippen LogP contribution in [0.3, 0.4) is 0 Å². The minimum absolute atomic E-state index is 0.0807. The molecule has 1 aromatic carbocycles. The highest BCUT2D eigenvalue weighted by atomic mass is 16.2. The van der Waals surface area contributed by atoms with Crippen LogP contribution in [0, 0.1) is 11.8 Å². The molecule has 2 fully saturated rings. The van der Waals surface area contributed by atoms with Crippen LogP contribution in [0.5, 0.6) is 0 Å². The molecule has 2 amide bonds. The summed E-state index contributed by atoms with van der Waals surface area (Å²) in [4.78, 5) is 14.7. The summed E-state index contributed by atoms with van der Waals surface area (Å²) in [5, 5.41) is 3.14. The number of hydrogen-bond donors (Lipinski definition) is 1. The summed E-state index contributed by atoms with van der Waals surface area (Å²) in [6.45, 7) is 6.19. The Balaban J connectivity index is 1.65. The zero-order valence-corrected chi connectivity index (χ0v) is 13.8. The van der Waals surface area contributed by atoms with E-state index in [0.29, 0.717) is 5.92 Å². The van der Waals surface area contributed by atoms with Gasteiger partial charge in [0.1, 0.15) is 0 Å². The number of rotatable bonds is 2. The fourth-order valence-electron chi connectivity index (χ4n) is 4.09. The minimum atomic E-state index is 0.0807. The van der Waals surface area contributed by atoms with Crippen molar-refractivity contribution in [2.24, 2.45) is 11.8 Å². The van der Waals surface area contributed by atoms with Gasteiger partial charge in [0.15, 0.2) is 0 Å². The quantitative estimate of drug-likeness (QED) is 0.831. The number of amides is 2. The molecule has 22 heavy (non-hydrogen) atoms. The van der Waals surface area contributed by atoms with Crippen molar-refractivity contribution in [2.45, 2.75) is 51.9 Å². The molecule has 0 aromatic heterocycles. The van der Waals surface area contributed by atoms with Crippen molar-refractivity contribution in [3.8, 4) is 0 Å². The molecule has 3 nitrogen and oxygen atoms in total. The van der Waals surface area contributed by atoms with Crippen LogP contribution in [0.25, 0.3) is 0 Å². The first kappa shape index (κ1) is 15.4. The first-order valence-electron chi connectivity index (χ1n) is 8.80. The third-order valence-electron chi connectivity index (χ3n) is 5.40. The largest absolute Gasteiger partial charge is 0.324 e. The Labute approximate surface area is 134 Å². The normalized spacial score (nSPS) is 25.0. The lowest BCUT2D eigenvalue weighted by Gasteiger charge is -2.41. The molecule has 1 heterocycles. The summed E-state index contributed by atoms with van der Waals surface area (Å²) in [6.07, 6.45) is 6.58. The van der Waals surface area contributed by atoms with Gasteiger partial charge >= 0.3 is 6.03 Å². The number of carbonyl (C=O) groups is 1. The Hall–Kier alpha value is -1.51. The summed E-state index contributed by atoms with van der Waals surface area (Å²) < 4.78 is 0. The summed E-state index contributed by atoms with van der Waals surface area (Å²) in [5.74, 6) is 2.01. The van der Waals surface area contributed by atoms with Crippen molar-refractivity contribution in [1.29, 1.82) is 0 Å². The van der Waals surface area contributed by atoms with Crippen molar-refractivity contribution < 1.29 is 4.79 Å². The van der Waals surface area contributed by atoms with Crippen LogP contribution in [0.2, 0.25) is 0 Å². The third-order valence-corrected chi connectivity index (χ3v) is 5.40. The summed E-state index contributed by atoms with van der Waals surface area (Å²) in [6, 6.07) is 8.24. The molecule has 1 aliphatic heterocycles. The van der Waals surface area contributed by atoms with Crippen LogP contribution in [-0.2, 0) is 0 Å². The fourth-order valence-corrected chi connectivity index (χ4v) is 4.09. The molecule has 0 spiro atoms. The fraction of sp³-hybridized carbons (Fsp3) is 0.632. The van der Waals surface area contributed by atoms with Crippen LogP contribution >= 0.6 is 0 Å². The zero-order chi connectivity index (χ0) is 15.5. The van der Waals surface area contributed by atoms with Crippen LogP contribution in [0.4, 0.5) is 10.5 Å². The number of fused-ring (bicyclic) bond motifs is 1. The Bertz CT molecular complexity index is 526. The molecule has 1 N–H and O–H groups in total. The molecule has 3 heteroatoms. The van der Waals surface area contributed by atoms with Gasteiger partial charge in [-0.15, -0.1) is 0 Å². The van der Waals surface area contributed by atoms with Gasteiger partial charge in [-0.25, -0.2) is 4.79 Å². The molecule has 2 atom stereocenters. The second-order valence-corrected chi connectivity index (χ2v) is 7.21. The van der Waals surface area contributed by atoms with E-state index in [4.69, 9.17) is 0 Å². The molecular weight excluding hydrogens is 272 g/mol. The lowest BCUT2D eigenvalue weighted by Crippen LogP contribution is -2.46. The van der Waals surface area contributed by atoms with Crippen LogP contribution < -0.4 is 5.32 Å². The van der Waals surface area contributed by atoms with Crippen LogP contribution in [0.1, 0.15) is 57.4 Å². The van der Waals surface area contributed by atoms with Crippen molar-refractivity contribution in [2.75, 3.05) is 18.4 Å². The highest BCUT2D eigenvalue weighted by molar-refractivity contribution is 5.90. The van der Waals surface area contributed by atoms with Gasteiger partial charge in [-0.2, -0.15) is 0 Å². The van der Waals surface area contributed by atoms with Crippen molar-refractivity contribution in [3.05, 3.63) is 29.8 Å². The second kappa shape index (κ2) is 6.72. The third kappa shape index (κ3) is 3.29. The van der Waals surface area contributed by atoms with E-state index < -0.39 is 0 Å². The molecule has 1 aromatic rings. The number of para-hydroxylation sites is 1. The predicted molar refractivity (Wildman–Crippen MR) is 91.2 cm³/mol. The second-order valence-electron chi connectivity index (χ2n) is 7.21. The number of hydrogen-bond acceptors (Lipinski definition) is 1. The van der Waals surface area contributed by atoms with Gasteiger partial charge in [0.05, 0.1) is 0 Å². The number of urea groups is 1. The minimum Gasteiger partial charge on any atom is -0.324 e. The van der Waals surface area contributed by atoms with Gasteiger partial charge in [0.25, 0.3) is 0 Å². The van der Waals surface area contributed by atoms with Crippen LogP contribution in [0.15, 0.2) is 24.3 Å². The molecular formula is C19H28N2O. The van der Waals surface area contributed by atoms with E-state index in [9.17, 15) is 4.79 Å². The zero-order valence-electron chi connectivity index (χ0n) is 13.8. The summed E-state index contributed by atoms with van der Waals surface area (Å²) in [7, 11) is 0. The number of nitrogens with zero attached hydrogens (tertiary/aromatic N) is 1. The Morgan fingerprint density at radius 1 is 1.14 bits per heavy atom. The molecule has 1 saturated carbocycles. The van der Waals surface area contributed by atoms with E-state index in [-0.39, 0.29) is 6.03 Å². The average Bonchev–Trinajstić information content (AvgIpc) is 2.54. The molecule has 0 radical (unpaired) electrons. The van der Waals surface area contributed by atoms with Crippen molar-refractivity contribution in [1.82, 2.24) is 4.90 Å². The van der Waals surface area contributed by atoms with Gasteiger partial charge in [-0.1, -0.05) is 51.3 Å². The predicted octanol–water partition coefficient (Wildman–Crippen LogP) is 4.85. The number of benzene rings is 1. The monoisotopic (exact) mass is 300 g/mol. The van der Waals surface area contributed by atoms with E-state index in [1.54, 1.807) is 0 Å². The average molecular weight is 300 g/mol. The number of nitrogens with one attached hydrogen (secondary N) is 1. The van der Waals surface area contributed by atoms with E-state index >= 15 is 0 Å². The van der Waals surface area contributed by atoms with Gasteiger partial charge in [0, 0.05) is 18.8 Å². The number of likely N-dealkylation sites (tertiary alicyclic amines) is 1. The van der Waals surface area contributed by atoms with Gasteiger partial charge < -0.3 is 10.2 Å². The lowest BCUT2D eigenvalue weighted by molar-refractivity contribution is 0.108. The molecule has 2 aliphatic rings. The molecule has 0 unspecified atom stereocenters. The highest BCUT2D eigenvalue weighted by Gasteiger charge is 2.33. The van der Waals surface area contributed by atoms with E-state index in [0.717, 1.165) is 30.6 Å². The number of anilines is 1. The maximum Gasteiger partial charge on any atom is 0.321 e. The molecule has 1 aliphatic carbocycles. The molecule has 3 rings (SSSR count). The van der Waals surface area contributed by atoms with Gasteiger partial charge in [0.2, 0.25) is 0 Å². The van der Waals surface area contributed by atoms with Gasteiger partial charge in [-0.3, -0.25) is 0 Å².